The van der Waals surface area contributed by atoms with Gasteiger partial charge in [0.05, 0.1) is 16.8 Å². The van der Waals surface area contributed by atoms with E-state index >= 15 is 0 Å². The molecule has 0 spiro atoms. The van der Waals surface area contributed by atoms with Crippen LogP contribution in [0.3, 0.4) is 0 Å². The number of nitrogens with one attached hydrogen (secondary N) is 1. The second-order valence-corrected chi connectivity index (χ2v) is 9.49. The molecule has 1 unspecified atom stereocenters. The third kappa shape index (κ3) is 4.66. The lowest BCUT2D eigenvalue weighted by Gasteiger charge is -2.31. The highest BCUT2D eigenvalue weighted by Gasteiger charge is 2.33. The molecule has 28 heavy (non-hydrogen) atoms. The second kappa shape index (κ2) is 8.78. The topological polar surface area (TPSA) is 79.4 Å². The van der Waals surface area contributed by atoms with Gasteiger partial charge in [0.2, 0.25) is 15.9 Å². The van der Waals surface area contributed by atoms with Crippen molar-refractivity contribution in [1.29, 1.82) is 0 Å². The van der Waals surface area contributed by atoms with Gasteiger partial charge in [0.1, 0.15) is 4.90 Å². The van der Waals surface area contributed by atoms with Crippen molar-refractivity contribution in [3.63, 3.8) is 0 Å². The number of carbonyl (C=O) groups excluding carboxylic acids is 1. The fourth-order valence-electron chi connectivity index (χ4n) is 3.21. The Morgan fingerprint density at radius 1 is 1.21 bits per heavy atom. The number of amides is 1. The van der Waals surface area contributed by atoms with Gasteiger partial charge in [-0.3, -0.25) is 9.78 Å². The Kier molecular flexibility index (Phi) is 6.60. The largest absolute Gasteiger partial charge is 0.348 e. The van der Waals surface area contributed by atoms with E-state index in [4.69, 9.17) is 23.2 Å². The molecular formula is C19H21Cl2N3O3S. The van der Waals surface area contributed by atoms with Crippen molar-refractivity contribution in [3.8, 4) is 0 Å². The van der Waals surface area contributed by atoms with Gasteiger partial charge in [-0.1, -0.05) is 29.3 Å². The summed E-state index contributed by atoms with van der Waals surface area (Å²) in [4.78, 5) is 16.8. The molecule has 0 saturated carbocycles. The number of hydrogen-bond donors (Lipinski definition) is 1. The Bertz CT molecular complexity index is 946. The van der Waals surface area contributed by atoms with Gasteiger partial charge in [-0.15, -0.1) is 0 Å². The number of sulfonamides is 1. The van der Waals surface area contributed by atoms with Crippen LogP contribution in [0.4, 0.5) is 0 Å². The molecule has 6 nitrogen and oxygen atoms in total. The lowest BCUT2D eigenvalue weighted by Crippen LogP contribution is -2.43. The van der Waals surface area contributed by atoms with Gasteiger partial charge in [-0.25, -0.2) is 8.42 Å². The summed E-state index contributed by atoms with van der Waals surface area (Å²) in [6.07, 6.45) is 2.57. The van der Waals surface area contributed by atoms with Gasteiger partial charge in [-0.2, -0.15) is 4.31 Å². The van der Waals surface area contributed by atoms with Crippen LogP contribution >= 0.6 is 23.2 Å². The van der Waals surface area contributed by atoms with Gasteiger partial charge in [0.25, 0.3) is 0 Å². The zero-order valence-corrected chi connectivity index (χ0v) is 17.6. The average molecular weight is 442 g/mol. The van der Waals surface area contributed by atoms with Gasteiger partial charge < -0.3 is 5.32 Å². The van der Waals surface area contributed by atoms with E-state index in [2.05, 4.69) is 10.3 Å². The van der Waals surface area contributed by atoms with Crippen molar-refractivity contribution in [2.45, 2.75) is 30.7 Å². The van der Waals surface area contributed by atoms with Crippen molar-refractivity contribution < 1.29 is 13.2 Å². The fraction of sp³-hybridized carbons (Fsp3) is 0.368. The summed E-state index contributed by atoms with van der Waals surface area (Å²) in [6.45, 7) is 2.38. The minimum atomic E-state index is -3.76. The molecule has 2 heterocycles. The summed E-state index contributed by atoms with van der Waals surface area (Å²) in [7, 11) is -3.76. The quantitative estimate of drug-likeness (QED) is 0.767. The molecule has 3 rings (SSSR count). The molecule has 1 aliphatic rings. The third-order valence-electron chi connectivity index (χ3n) is 4.83. The van der Waals surface area contributed by atoms with E-state index in [1.807, 2.05) is 25.1 Å². The predicted molar refractivity (Wildman–Crippen MR) is 109 cm³/mol. The monoisotopic (exact) mass is 441 g/mol. The van der Waals surface area contributed by atoms with E-state index in [1.54, 1.807) is 12.3 Å². The van der Waals surface area contributed by atoms with E-state index in [-0.39, 0.29) is 40.9 Å². The Morgan fingerprint density at radius 2 is 1.93 bits per heavy atom. The molecule has 1 fully saturated rings. The Labute approximate surface area is 174 Å². The summed E-state index contributed by atoms with van der Waals surface area (Å²) >= 11 is 12.0. The molecule has 1 amide bonds. The van der Waals surface area contributed by atoms with Crippen LogP contribution in [-0.2, 0) is 14.8 Å². The van der Waals surface area contributed by atoms with Crippen LogP contribution in [0.15, 0.2) is 47.5 Å². The van der Waals surface area contributed by atoms with Gasteiger partial charge in [0.15, 0.2) is 0 Å². The van der Waals surface area contributed by atoms with Gasteiger partial charge >= 0.3 is 0 Å². The van der Waals surface area contributed by atoms with Crippen LogP contribution in [0.5, 0.6) is 0 Å². The van der Waals surface area contributed by atoms with Crippen LogP contribution in [0, 0.1) is 5.92 Å². The predicted octanol–water partition coefficient (Wildman–Crippen LogP) is 3.67. The van der Waals surface area contributed by atoms with E-state index < -0.39 is 10.0 Å². The van der Waals surface area contributed by atoms with Crippen LogP contribution < -0.4 is 5.32 Å². The Balaban J connectivity index is 1.62. The van der Waals surface area contributed by atoms with E-state index in [0.29, 0.717) is 17.9 Å². The SMILES string of the molecule is CC(NC(=O)C1CCN(S(=O)(=O)c2cc(Cl)ccc2Cl)CC1)c1ccccn1. The van der Waals surface area contributed by atoms with Crippen LogP contribution in [0.25, 0.3) is 0 Å². The van der Waals surface area contributed by atoms with Crippen LogP contribution in [-0.4, -0.2) is 36.7 Å². The summed E-state index contributed by atoms with van der Waals surface area (Å²) < 4.78 is 27.1. The molecule has 150 valence electrons. The first-order valence-corrected chi connectivity index (χ1v) is 11.1. The highest BCUT2D eigenvalue weighted by Crippen LogP contribution is 2.30. The molecular weight excluding hydrogens is 421 g/mol. The maximum atomic E-state index is 12.9. The molecule has 1 aromatic carbocycles. The van der Waals surface area contributed by atoms with Crippen LogP contribution in [0.2, 0.25) is 10.0 Å². The van der Waals surface area contributed by atoms with Crippen molar-refractivity contribution in [3.05, 3.63) is 58.3 Å². The molecule has 1 saturated heterocycles. The Hall–Kier alpha value is -1.67. The average Bonchev–Trinajstić information content (AvgIpc) is 2.70. The summed E-state index contributed by atoms with van der Waals surface area (Å²) in [6, 6.07) is 9.70. The highest BCUT2D eigenvalue weighted by atomic mass is 35.5. The molecule has 0 aliphatic carbocycles. The third-order valence-corrected chi connectivity index (χ3v) is 7.44. The van der Waals surface area contributed by atoms with E-state index in [1.165, 1.54) is 16.4 Å². The Morgan fingerprint density at radius 3 is 2.57 bits per heavy atom. The fourth-order valence-corrected chi connectivity index (χ4v) is 5.42. The van der Waals surface area contributed by atoms with Crippen molar-refractivity contribution in [2.24, 2.45) is 5.92 Å². The normalized spacial score (nSPS) is 17.2. The lowest BCUT2D eigenvalue weighted by molar-refractivity contribution is -0.126. The summed E-state index contributed by atoms with van der Waals surface area (Å²) in [5.41, 5.74) is 0.784. The number of piperidine rings is 1. The number of pyridine rings is 1. The number of carbonyl (C=O) groups is 1. The highest BCUT2D eigenvalue weighted by molar-refractivity contribution is 7.89. The molecule has 0 radical (unpaired) electrons. The minimum Gasteiger partial charge on any atom is -0.348 e. The number of hydrogen-bond acceptors (Lipinski definition) is 4. The van der Waals surface area contributed by atoms with E-state index in [0.717, 1.165) is 5.69 Å². The molecule has 1 aliphatic heterocycles. The number of benzene rings is 1. The maximum absolute atomic E-state index is 12.9. The number of nitrogens with zero attached hydrogens (tertiary/aromatic N) is 2. The first-order chi connectivity index (χ1) is 13.3. The van der Waals surface area contributed by atoms with Crippen molar-refractivity contribution >= 4 is 39.1 Å². The smallest absolute Gasteiger partial charge is 0.244 e. The minimum absolute atomic E-state index is 0.00616. The molecule has 9 heteroatoms. The first kappa shape index (κ1) is 21.0. The van der Waals surface area contributed by atoms with Gasteiger partial charge in [-0.05, 0) is 50.1 Å². The van der Waals surface area contributed by atoms with Crippen molar-refractivity contribution in [1.82, 2.24) is 14.6 Å². The zero-order valence-electron chi connectivity index (χ0n) is 15.3. The van der Waals surface area contributed by atoms with Crippen LogP contribution in [0.1, 0.15) is 31.5 Å². The van der Waals surface area contributed by atoms with Crippen molar-refractivity contribution in [2.75, 3.05) is 13.1 Å². The number of rotatable bonds is 5. The summed E-state index contributed by atoms with van der Waals surface area (Å²) in [5, 5.41) is 3.40. The standard InChI is InChI=1S/C19H21Cl2N3O3S/c1-13(17-4-2-3-9-22-17)23-19(25)14-7-10-24(11-8-14)28(26,27)18-12-15(20)5-6-16(18)21/h2-6,9,12-14H,7-8,10-11H2,1H3,(H,23,25). The summed E-state index contributed by atoms with van der Waals surface area (Å²) in [5.74, 6) is -0.330. The molecule has 0 bridgehead atoms. The maximum Gasteiger partial charge on any atom is 0.244 e. The van der Waals surface area contributed by atoms with E-state index in [9.17, 15) is 13.2 Å². The molecule has 1 aromatic heterocycles. The molecule has 1 N–H and O–H groups in total. The number of aromatic nitrogens is 1. The zero-order chi connectivity index (χ0) is 20.3. The lowest BCUT2D eigenvalue weighted by atomic mass is 9.97. The second-order valence-electron chi connectivity index (χ2n) is 6.74. The molecule has 1 atom stereocenters. The number of halogens is 2. The van der Waals surface area contributed by atoms with Gasteiger partial charge in [0, 0.05) is 30.2 Å². The first-order valence-electron chi connectivity index (χ1n) is 8.95. The molecule has 2 aromatic rings.